The molecule has 6 heteroatoms. The van der Waals surface area contributed by atoms with Crippen LogP contribution in [-0.4, -0.2) is 73.3 Å². The minimum atomic E-state index is -0.881. The highest BCUT2D eigenvalue weighted by Crippen LogP contribution is 2.14. The van der Waals surface area contributed by atoms with Gasteiger partial charge in [-0.05, 0) is 78.2 Å². The Morgan fingerprint density at radius 2 is 1.92 bits per heavy atom. The van der Waals surface area contributed by atoms with Gasteiger partial charge >= 0.3 is 0 Å². The van der Waals surface area contributed by atoms with Crippen molar-refractivity contribution < 1.29 is 9.84 Å². The Morgan fingerprint density at radius 3 is 2.62 bits per heavy atom. The van der Waals surface area contributed by atoms with E-state index in [-0.39, 0.29) is 0 Å². The van der Waals surface area contributed by atoms with E-state index in [9.17, 15) is 5.11 Å². The number of hydrogen-bond donors (Lipinski definition) is 2. The van der Waals surface area contributed by atoms with Crippen molar-refractivity contribution in [1.29, 1.82) is 0 Å². The Labute approximate surface area is 159 Å². The van der Waals surface area contributed by atoms with Gasteiger partial charge in [-0.1, -0.05) is 13.8 Å². The molecule has 2 N–H and O–H groups in total. The average molecular weight is 367 g/mol. The van der Waals surface area contributed by atoms with E-state index < -0.39 is 6.29 Å². The van der Waals surface area contributed by atoms with E-state index in [0.29, 0.717) is 13.2 Å². The highest BCUT2D eigenvalue weighted by atomic mass is 16.6. The van der Waals surface area contributed by atoms with Crippen LogP contribution < -0.4 is 5.32 Å². The molecule has 0 radical (unpaired) electrons. The van der Waals surface area contributed by atoms with Crippen molar-refractivity contribution in [3.05, 3.63) is 29.6 Å². The number of nitrogens with zero attached hydrogens (tertiary/aromatic N) is 3. The van der Waals surface area contributed by atoms with Gasteiger partial charge in [-0.15, -0.1) is 0 Å². The molecule has 1 rings (SSSR count). The molecule has 0 bridgehead atoms. The fourth-order valence-electron chi connectivity index (χ4n) is 2.76. The standard InChI is InChI=1S/C20H38N4O2/c1-5-24(6-2)14-8-7-11-21-17-19-16-18(10-12-22-19)20(25)26-15-9-13-23(3)4/h10,12,16,20-21,25H,5-9,11,13-15,17H2,1-4H3. The van der Waals surface area contributed by atoms with Crippen LogP contribution in [0.3, 0.4) is 0 Å². The summed E-state index contributed by atoms with van der Waals surface area (Å²) in [5, 5.41) is 13.6. The largest absolute Gasteiger partial charge is 0.364 e. The molecule has 26 heavy (non-hydrogen) atoms. The number of rotatable bonds is 15. The zero-order chi connectivity index (χ0) is 19.2. The van der Waals surface area contributed by atoms with E-state index in [2.05, 4.69) is 33.9 Å². The zero-order valence-electron chi connectivity index (χ0n) is 17.1. The second-order valence-corrected chi connectivity index (χ2v) is 6.87. The summed E-state index contributed by atoms with van der Waals surface area (Å²) in [5.41, 5.74) is 1.70. The van der Waals surface area contributed by atoms with Crippen LogP contribution in [0.5, 0.6) is 0 Å². The van der Waals surface area contributed by atoms with E-state index in [1.165, 1.54) is 13.0 Å². The third kappa shape index (κ3) is 10.2. The minimum absolute atomic E-state index is 0.543. The first-order valence-corrected chi connectivity index (χ1v) is 9.89. The molecular weight excluding hydrogens is 328 g/mol. The van der Waals surface area contributed by atoms with Crippen molar-refractivity contribution in [1.82, 2.24) is 20.1 Å². The second-order valence-electron chi connectivity index (χ2n) is 6.87. The van der Waals surface area contributed by atoms with Crippen LogP contribution in [-0.2, 0) is 11.3 Å². The highest BCUT2D eigenvalue weighted by Gasteiger charge is 2.09. The maximum absolute atomic E-state index is 10.2. The van der Waals surface area contributed by atoms with Crippen molar-refractivity contribution in [2.75, 3.05) is 53.4 Å². The van der Waals surface area contributed by atoms with Crippen LogP contribution >= 0.6 is 0 Å². The van der Waals surface area contributed by atoms with Gasteiger partial charge in [0.05, 0.1) is 12.3 Å². The highest BCUT2D eigenvalue weighted by molar-refractivity contribution is 5.17. The number of aliphatic hydroxyl groups excluding tert-OH is 1. The molecule has 0 saturated heterocycles. The van der Waals surface area contributed by atoms with Gasteiger partial charge in [-0.3, -0.25) is 4.98 Å². The van der Waals surface area contributed by atoms with Crippen LogP contribution in [0.25, 0.3) is 0 Å². The van der Waals surface area contributed by atoms with E-state index in [1.54, 1.807) is 6.20 Å². The molecule has 0 saturated carbocycles. The summed E-state index contributed by atoms with van der Waals surface area (Å²) in [6.07, 6.45) is 4.12. The summed E-state index contributed by atoms with van der Waals surface area (Å²) < 4.78 is 5.51. The smallest absolute Gasteiger partial charge is 0.181 e. The number of nitrogens with one attached hydrogen (secondary N) is 1. The van der Waals surface area contributed by atoms with Crippen LogP contribution in [0.15, 0.2) is 18.3 Å². The van der Waals surface area contributed by atoms with Gasteiger partial charge in [-0.2, -0.15) is 0 Å². The third-order valence-electron chi connectivity index (χ3n) is 4.43. The van der Waals surface area contributed by atoms with E-state index in [1.807, 2.05) is 26.2 Å². The lowest BCUT2D eigenvalue weighted by atomic mass is 10.2. The molecule has 0 spiro atoms. The van der Waals surface area contributed by atoms with Crippen molar-refractivity contribution >= 4 is 0 Å². The van der Waals surface area contributed by atoms with Gasteiger partial charge < -0.3 is 25.0 Å². The molecule has 0 aromatic carbocycles. The van der Waals surface area contributed by atoms with Crippen molar-refractivity contribution in [3.63, 3.8) is 0 Å². The Balaban J connectivity index is 2.24. The second kappa shape index (κ2) is 14.1. The molecule has 0 amide bonds. The molecule has 1 aromatic rings. The SMILES string of the molecule is CCN(CC)CCCCNCc1cc(C(O)OCCCN(C)C)ccn1. The maximum Gasteiger partial charge on any atom is 0.181 e. The molecule has 1 atom stereocenters. The normalized spacial score (nSPS) is 12.9. The summed E-state index contributed by atoms with van der Waals surface area (Å²) in [6.45, 7) is 11.0. The van der Waals surface area contributed by atoms with Crippen LogP contribution in [0.2, 0.25) is 0 Å². The summed E-state index contributed by atoms with van der Waals surface area (Å²) >= 11 is 0. The number of hydrogen-bond acceptors (Lipinski definition) is 6. The number of ether oxygens (including phenoxy) is 1. The van der Waals surface area contributed by atoms with E-state index in [0.717, 1.165) is 50.3 Å². The van der Waals surface area contributed by atoms with E-state index in [4.69, 9.17) is 4.74 Å². The van der Waals surface area contributed by atoms with Crippen LogP contribution in [0, 0.1) is 0 Å². The molecule has 1 unspecified atom stereocenters. The minimum Gasteiger partial charge on any atom is -0.364 e. The van der Waals surface area contributed by atoms with Crippen LogP contribution in [0.1, 0.15) is 50.7 Å². The van der Waals surface area contributed by atoms with Crippen molar-refractivity contribution in [2.45, 2.75) is 45.9 Å². The number of pyridine rings is 1. The first-order valence-electron chi connectivity index (χ1n) is 9.89. The van der Waals surface area contributed by atoms with Gasteiger partial charge in [0.25, 0.3) is 0 Å². The van der Waals surface area contributed by atoms with Gasteiger partial charge in [0.15, 0.2) is 6.29 Å². The molecular formula is C20H38N4O2. The summed E-state index contributed by atoms with van der Waals surface area (Å²) in [4.78, 5) is 8.92. The van der Waals surface area contributed by atoms with Gasteiger partial charge in [0.1, 0.15) is 0 Å². The molecule has 1 aromatic heterocycles. The predicted octanol–water partition coefficient (Wildman–Crippen LogP) is 2.25. The quantitative estimate of drug-likeness (QED) is 0.367. The lowest BCUT2D eigenvalue weighted by Crippen LogP contribution is -2.25. The molecule has 0 aliphatic carbocycles. The first-order chi connectivity index (χ1) is 12.6. The monoisotopic (exact) mass is 366 g/mol. The molecule has 0 aliphatic rings. The molecule has 150 valence electrons. The number of unbranched alkanes of at least 4 members (excludes halogenated alkanes) is 1. The fourth-order valence-corrected chi connectivity index (χ4v) is 2.76. The zero-order valence-corrected chi connectivity index (χ0v) is 17.1. The Bertz CT molecular complexity index is 467. The molecule has 1 heterocycles. The van der Waals surface area contributed by atoms with Gasteiger partial charge in [0, 0.05) is 18.3 Å². The average Bonchev–Trinajstić information content (AvgIpc) is 2.64. The van der Waals surface area contributed by atoms with Crippen molar-refractivity contribution in [2.24, 2.45) is 0 Å². The first kappa shape index (κ1) is 23.0. The summed E-state index contributed by atoms with van der Waals surface area (Å²) in [6, 6.07) is 3.73. The fraction of sp³-hybridized carbons (Fsp3) is 0.750. The Morgan fingerprint density at radius 1 is 1.15 bits per heavy atom. The van der Waals surface area contributed by atoms with Gasteiger partial charge in [0.2, 0.25) is 0 Å². The number of aromatic nitrogens is 1. The molecule has 0 aliphatic heterocycles. The molecule has 6 nitrogen and oxygen atoms in total. The maximum atomic E-state index is 10.2. The third-order valence-corrected chi connectivity index (χ3v) is 4.43. The number of aliphatic hydroxyl groups is 1. The van der Waals surface area contributed by atoms with E-state index >= 15 is 0 Å². The topological polar surface area (TPSA) is 60.9 Å². The Kier molecular flexibility index (Phi) is 12.4. The summed E-state index contributed by atoms with van der Waals surface area (Å²) in [7, 11) is 4.06. The van der Waals surface area contributed by atoms with Crippen LogP contribution in [0.4, 0.5) is 0 Å². The predicted molar refractivity (Wildman–Crippen MR) is 107 cm³/mol. The van der Waals surface area contributed by atoms with Crippen molar-refractivity contribution in [3.8, 4) is 0 Å². The summed E-state index contributed by atoms with van der Waals surface area (Å²) in [5.74, 6) is 0. The lowest BCUT2D eigenvalue weighted by Gasteiger charge is -2.17. The van der Waals surface area contributed by atoms with Gasteiger partial charge in [-0.25, -0.2) is 0 Å². The Hall–Kier alpha value is -1.05. The lowest BCUT2D eigenvalue weighted by molar-refractivity contribution is -0.104. The molecule has 0 fully saturated rings.